The third-order valence-electron chi connectivity index (χ3n) is 2.55. The second-order valence-electron chi connectivity index (χ2n) is 3.67. The maximum absolute atomic E-state index is 13.2. The summed E-state index contributed by atoms with van der Waals surface area (Å²) < 4.78 is 20.3. The van der Waals surface area contributed by atoms with E-state index in [1.807, 2.05) is 0 Å². The number of nitrogens with zero attached hydrogens (tertiary/aromatic N) is 2. The van der Waals surface area contributed by atoms with Crippen molar-refractivity contribution in [3.63, 3.8) is 0 Å². The van der Waals surface area contributed by atoms with Crippen LogP contribution in [0.5, 0.6) is 0 Å². The highest BCUT2D eigenvalue weighted by Gasteiger charge is 2.07. The molecule has 17 heavy (non-hydrogen) atoms. The van der Waals surface area contributed by atoms with E-state index in [1.165, 1.54) is 18.4 Å². The summed E-state index contributed by atoms with van der Waals surface area (Å²) >= 11 is 5.20. The zero-order valence-corrected chi connectivity index (χ0v) is 9.50. The Balaban J connectivity index is 2.17. The van der Waals surface area contributed by atoms with Gasteiger partial charge in [-0.2, -0.15) is 0 Å². The fourth-order valence-electron chi connectivity index (χ4n) is 1.76. The maximum Gasteiger partial charge on any atom is 0.178 e. The molecule has 0 spiro atoms. The number of imidazole rings is 1. The van der Waals surface area contributed by atoms with Crippen LogP contribution in [0.3, 0.4) is 0 Å². The van der Waals surface area contributed by atoms with Gasteiger partial charge in [0.2, 0.25) is 0 Å². The normalized spacial score (nSPS) is 11.1. The van der Waals surface area contributed by atoms with E-state index in [0.29, 0.717) is 11.3 Å². The molecule has 2 heterocycles. The van der Waals surface area contributed by atoms with E-state index in [-0.39, 0.29) is 5.82 Å². The molecule has 1 N–H and O–H groups in total. The predicted molar refractivity (Wildman–Crippen MR) is 62.7 cm³/mol. The Kier molecular flexibility index (Phi) is 2.29. The van der Waals surface area contributed by atoms with Crippen LogP contribution in [0.4, 0.5) is 4.39 Å². The van der Waals surface area contributed by atoms with Crippen LogP contribution in [0, 0.1) is 10.6 Å². The van der Waals surface area contributed by atoms with E-state index >= 15 is 0 Å². The number of benzene rings is 1. The van der Waals surface area contributed by atoms with Gasteiger partial charge in [0, 0.05) is 6.07 Å². The van der Waals surface area contributed by atoms with Gasteiger partial charge in [0.15, 0.2) is 4.77 Å². The van der Waals surface area contributed by atoms with Crippen molar-refractivity contribution in [3.8, 4) is 0 Å². The second-order valence-corrected chi connectivity index (χ2v) is 4.06. The molecule has 0 fully saturated rings. The third-order valence-corrected chi connectivity index (χ3v) is 2.87. The molecule has 1 aromatic carbocycles. The van der Waals surface area contributed by atoms with Crippen molar-refractivity contribution in [2.75, 3.05) is 0 Å². The number of H-pyrrole nitrogens is 1. The number of hydrogen-bond acceptors (Lipinski definition) is 3. The van der Waals surface area contributed by atoms with Crippen molar-refractivity contribution in [2.45, 2.75) is 6.54 Å². The van der Waals surface area contributed by atoms with Gasteiger partial charge in [-0.1, -0.05) is 5.16 Å². The highest BCUT2D eigenvalue weighted by molar-refractivity contribution is 7.71. The molecule has 0 bridgehead atoms. The average Bonchev–Trinajstić information content (AvgIpc) is 2.90. The molecule has 3 rings (SSSR count). The summed E-state index contributed by atoms with van der Waals surface area (Å²) in [6.45, 7) is 0.457. The van der Waals surface area contributed by atoms with E-state index in [2.05, 4.69) is 10.1 Å². The van der Waals surface area contributed by atoms with E-state index in [4.69, 9.17) is 16.7 Å². The van der Waals surface area contributed by atoms with Gasteiger partial charge in [0.25, 0.3) is 0 Å². The number of aromatic nitrogens is 3. The first kappa shape index (κ1) is 10.2. The SMILES string of the molecule is Fc1ccc2[nH]c(=S)n(Cc3ccon3)c2c1. The topological polar surface area (TPSA) is 46.8 Å². The van der Waals surface area contributed by atoms with E-state index < -0.39 is 0 Å². The maximum atomic E-state index is 13.2. The molecule has 0 unspecified atom stereocenters. The van der Waals surface area contributed by atoms with Crippen molar-refractivity contribution in [1.82, 2.24) is 14.7 Å². The lowest BCUT2D eigenvalue weighted by Crippen LogP contribution is -1.99. The van der Waals surface area contributed by atoms with Crippen LogP contribution in [0.25, 0.3) is 11.0 Å². The van der Waals surface area contributed by atoms with Crippen molar-refractivity contribution in [1.29, 1.82) is 0 Å². The quantitative estimate of drug-likeness (QED) is 0.710. The number of fused-ring (bicyclic) bond motifs is 1. The van der Waals surface area contributed by atoms with Gasteiger partial charge in [0.1, 0.15) is 17.8 Å². The average molecular weight is 249 g/mol. The highest BCUT2D eigenvalue weighted by Crippen LogP contribution is 2.16. The van der Waals surface area contributed by atoms with Crippen molar-refractivity contribution in [3.05, 3.63) is 46.8 Å². The first-order valence-corrected chi connectivity index (χ1v) is 5.42. The zero-order valence-electron chi connectivity index (χ0n) is 8.68. The smallest absolute Gasteiger partial charge is 0.178 e. The van der Waals surface area contributed by atoms with Gasteiger partial charge in [-0.3, -0.25) is 0 Å². The summed E-state index contributed by atoms with van der Waals surface area (Å²) in [6.07, 6.45) is 1.49. The number of nitrogens with one attached hydrogen (secondary N) is 1. The molecule has 0 aliphatic carbocycles. The van der Waals surface area contributed by atoms with Crippen molar-refractivity contribution >= 4 is 23.3 Å². The Morgan fingerprint density at radius 3 is 3.06 bits per heavy atom. The first-order valence-electron chi connectivity index (χ1n) is 5.01. The Morgan fingerprint density at radius 2 is 2.29 bits per heavy atom. The standard InChI is InChI=1S/C11H8FN3OS/c12-7-1-2-9-10(5-7)15(11(17)13-9)6-8-3-4-16-14-8/h1-5H,6H2,(H,13,17). The zero-order chi connectivity index (χ0) is 11.8. The summed E-state index contributed by atoms with van der Waals surface area (Å²) in [4.78, 5) is 3.02. The first-order chi connectivity index (χ1) is 8.24. The molecule has 0 aliphatic rings. The molecule has 0 saturated carbocycles. The highest BCUT2D eigenvalue weighted by atomic mass is 32.1. The Hall–Kier alpha value is -1.95. The van der Waals surface area contributed by atoms with E-state index in [0.717, 1.165) is 16.7 Å². The fraction of sp³-hybridized carbons (Fsp3) is 0.0909. The second kappa shape index (κ2) is 3.81. The minimum Gasteiger partial charge on any atom is -0.364 e. The van der Waals surface area contributed by atoms with E-state index in [9.17, 15) is 4.39 Å². The summed E-state index contributed by atoms with van der Waals surface area (Å²) in [7, 11) is 0. The minimum absolute atomic E-state index is 0.291. The molecule has 0 atom stereocenters. The van der Waals surface area contributed by atoms with Crippen LogP contribution in [-0.4, -0.2) is 14.7 Å². The number of rotatable bonds is 2. The van der Waals surface area contributed by atoms with Gasteiger partial charge in [-0.15, -0.1) is 0 Å². The lowest BCUT2D eigenvalue weighted by molar-refractivity contribution is 0.410. The number of hydrogen-bond donors (Lipinski definition) is 1. The number of halogens is 1. The minimum atomic E-state index is -0.291. The molecule has 0 radical (unpaired) electrons. The van der Waals surface area contributed by atoms with Crippen LogP contribution >= 0.6 is 12.2 Å². The summed E-state index contributed by atoms with van der Waals surface area (Å²) in [6, 6.07) is 6.26. The van der Waals surface area contributed by atoms with Crippen LogP contribution in [0.1, 0.15) is 5.69 Å². The number of aromatic amines is 1. The van der Waals surface area contributed by atoms with Crippen molar-refractivity contribution < 1.29 is 8.91 Å². The van der Waals surface area contributed by atoms with Crippen LogP contribution in [0.2, 0.25) is 0 Å². The van der Waals surface area contributed by atoms with Crippen molar-refractivity contribution in [2.24, 2.45) is 0 Å². The molecule has 0 aliphatic heterocycles. The Labute approximate surface area is 101 Å². The van der Waals surface area contributed by atoms with Gasteiger partial charge in [0.05, 0.1) is 17.6 Å². The third kappa shape index (κ3) is 1.76. The Bertz CT molecular complexity index is 714. The summed E-state index contributed by atoms with van der Waals surface area (Å²) in [5, 5.41) is 3.81. The summed E-state index contributed by atoms with van der Waals surface area (Å²) in [5.41, 5.74) is 2.27. The Morgan fingerprint density at radius 1 is 1.41 bits per heavy atom. The molecule has 86 valence electrons. The van der Waals surface area contributed by atoms with Crippen LogP contribution in [-0.2, 0) is 6.54 Å². The molecule has 3 aromatic rings. The molecule has 4 nitrogen and oxygen atoms in total. The molecule has 0 saturated heterocycles. The molecule has 0 amide bonds. The van der Waals surface area contributed by atoms with Gasteiger partial charge >= 0.3 is 0 Å². The predicted octanol–water partition coefficient (Wildman–Crippen LogP) is 2.87. The van der Waals surface area contributed by atoms with Crippen LogP contribution in [0.15, 0.2) is 35.1 Å². The fourth-order valence-corrected chi connectivity index (χ4v) is 2.04. The molecular weight excluding hydrogens is 241 g/mol. The summed E-state index contributed by atoms with van der Waals surface area (Å²) in [5.74, 6) is -0.291. The van der Waals surface area contributed by atoms with Crippen LogP contribution < -0.4 is 0 Å². The van der Waals surface area contributed by atoms with E-state index in [1.54, 1.807) is 16.7 Å². The van der Waals surface area contributed by atoms with Gasteiger partial charge in [-0.25, -0.2) is 4.39 Å². The van der Waals surface area contributed by atoms with Gasteiger partial charge < -0.3 is 14.1 Å². The molecule has 6 heteroatoms. The molecular formula is C11H8FN3OS. The lowest BCUT2D eigenvalue weighted by atomic mass is 10.3. The monoisotopic (exact) mass is 249 g/mol. The van der Waals surface area contributed by atoms with Gasteiger partial charge in [-0.05, 0) is 30.4 Å². The molecule has 2 aromatic heterocycles. The largest absolute Gasteiger partial charge is 0.364 e. The lowest BCUT2D eigenvalue weighted by Gasteiger charge is -2.00.